The van der Waals surface area contributed by atoms with Crippen LogP contribution in [0.15, 0.2) is 72.8 Å². The lowest BCUT2D eigenvalue weighted by atomic mass is 10.00. The van der Waals surface area contributed by atoms with E-state index < -0.39 is 6.04 Å². The molecule has 35 heavy (non-hydrogen) atoms. The highest BCUT2D eigenvalue weighted by Gasteiger charge is 2.31. The van der Waals surface area contributed by atoms with Gasteiger partial charge in [-0.25, -0.2) is 0 Å². The molecule has 3 aromatic rings. The third-order valence-electron chi connectivity index (χ3n) is 6.23. The summed E-state index contributed by atoms with van der Waals surface area (Å²) in [4.78, 5) is 29.0. The summed E-state index contributed by atoms with van der Waals surface area (Å²) in [7, 11) is 0. The van der Waals surface area contributed by atoms with Gasteiger partial charge in [-0.3, -0.25) is 9.59 Å². The Kier molecular flexibility index (Phi) is 9.76. The smallest absolute Gasteiger partial charge is 0.243 e. The summed E-state index contributed by atoms with van der Waals surface area (Å²) in [5.41, 5.74) is 3.69. The van der Waals surface area contributed by atoms with E-state index in [0.29, 0.717) is 16.5 Å². The lowest BCUT2D eigenvalue weighted by Crippen LogP contribution is -2.52. The van der Waals surface area contributed by atoms with Crippen LogP contribution in [0.2, 0.25) is 10.0 Å². The number of hydrogen-bond acceptors (Lipinski definition) is 2. The Bertz CT molecular complexity index is 1150. The SMILES string of the molecule is CC[C@@H](C)NC(=O)[C@@H](Cc1ccccc1)N(Cc1ccc(Cl)cc1Cl)C(=O)Cc1ccccc1C. The number of halogens is 2. The van der Waals surface area contributed by atoms with E-state index in [0.717, 1.165) is 28.7 Å². The molecule has 0 spiro atoms. The molecule has 0 aliphatic rings. The van der Waals surface area contributed by atoms with Crippen molar-refractivity contribution in [2.45, 2.75) is 58.7 Å². The van der Waals surface area contributed by atoms with Gasteiger partial charge in [0.15, 0.2) is 0 Å². The number of aryl methyl sites for hydroxylation is 1. The fourth-order valence-corrected chi connectivity index (χ4v) is 4.37. The maximum atomic E-state index is 13.8. The number of amides is 2. The van der Waals surface area contributed by atoms with E-state index in [4.69, 9.17) is 23.2 Å². The summed E-state index contributed by atoms with van der Waals surface area (Å²) < 4.78 is 0. The summed E-state index contributed by atoms with van der Waals surface area (Å²) in [5, 5.41) is 4.07. The summed E-state index contributed by atoms with van der Waals surface area (Å²) >= 11 is 12.6. The molecule has 0 unspecified atom stereocenters. The Hall–Kier alpha value is -2.82. The molecule has 3 rings (SSSR count). The van der Waals surface area contributed by atoms with Crippen LogP contribution in [0.4, 0.5) is 0 Å². The Morgan fingerprint density at radius 1 is 0.943 bits per heavy atom. The van der Waals surface area contributed by atoms with Crippen LogP contribution in [0, 0.1) is 6.92 Å². The molecule has 3 aromatic carbocycles. The number of hydrogen-bond donors (Lipinski definition) is 1. The lowest BCUT2D eigenvalue weighted by molar-refractivity contribution is -0.141. The molecule has 0 aliphatic carbocycles. The molecule has 6 heteroatoms. The molecule has 0 aromatic heterocycles. The minimum Gasteiger partial charge on any atom is -0.352 e. The molecule has 0 bridgehead atoms. The van der Waals surface area contributed by atoms with Crippen molar-refractivity contribution in [2.75, 3.05) is 0 Å². The van der Waals surface area contributed by atoms with Crippen molar-refractivity contribution >= 4 is 35.0 Å². The first-order chi connectivity index (χ1) is 16.8. The van der Waals surface area contributed by atoms with Gasteiger partial charge in [-0.15, -0.1) is 0 Å². The van der Waals surface area contributed by atoms with Gasteiger partial charge >= 0.3 is 0 Å². The van der Waals surface area contributed by atoms with Gasteiger partial charge in [0, 0.05) is 29.1 Å². The second-order valence-electron chi connectivity index (χ2n) is 8.88. The third kappa shape index (κ3) is 7.58. The van der Waals surface area contributed by atoms with Crippen molar-refractivity contribution in [1.82, 2.24) is 10.2 Å². The van der Waals surface area contributed by atoms with Gasteiger partial charge in [-0.1, -0.05) is 90.8 Å². The van der Waals surface area contributed by atoms with Crippen LogP contribution in [0.25, 0.3) is 0 Å². The van der Waals surface area contributed by atoms with Crippen LogP contribution in [-0.4, -0.2) is 28.8 Å². The zero-order valence-corrected chi connectivity index (χ0v) is 21.9. The first-order valence-corrected chi connectivity index (χ1v) is 12.7. The summed E-state index contributed by atoms with van der Waals surface area (Å²) in [6.07, 6.45) is 1.39. The summed E-state index contributed by atoms with van der Waals surface area (Å²) in [6.45, 7) is 6.17. The number of carbonyl (C=O) groups is 2. The predicted octanol–water partition coefficient (Wildman–Crippen LogP) is 6.40. The van der Waals surface area contributed by atoms with Crippen molar-refractivity contribution in [3.63, 3.8) is 0 Å². The Morgan fingerprint density at radius 3 is 2.29 bits per heavy atom. The van der Waals surface area contributed by atoms with Crippen molar-refractivity contribution in [2.24, 2.45) is 0 Å². The van der Waals surface area contributed by atoms with Crippen LogP contribution in [0.5, 0.6) is 0 Å². The normalized spacial score (nSPS) is 12.6. The molecule has 2 atom stereocenters. The molecular weight excluding hydrogens is 479 g/mol. The van der Waals surface area contributed by atoms with Crippen molar-refractivity contribution in [3.05, 3.63) is 105 Å². The lowest BCUT2D eigenvalue weighted by Gasteiger charge is -2.33. The van der Waals surface area contributed by atoms with Crippen LogP contribution >= 0.6 is 23.2 Å². The molecule has 1 N–H and O–H groups in total. The molecule has 0 saturated carbocycles. The van der Waals surface area contributed by atoms with Crippen LogP contribution < -0.4 is 5.32 Å². The average molecular weight is 511 g/mol. The highest BCUT2D eigenvalue weighted by Crippen LogP contribution is 2.25. The van der Waals surface area contributed by atoms with Crippen LogP contribution in [0.3, 0.4) is 0 Å². The molecule has 0 radical (unpaired) electrons. The van der Waals surface area contributed by atoms with E-state index in [1.807, 2.05) is 81.4 Å². The Morgan fingerprint density at radius 2 is 1.63 bits per heavy atom. The first kappa shape index (κ1) is 26.8. The van der Waals surface area contributed by atoms with Crippen LogP contribution in [0.1, 0.15) is 42.5 Å². The van der Waals surface area contributed by atoms with Crippen molar-refractivity contribution in [3.8, 4) is 0 Å². The minimum atomic E-state index is -0.699. The standard InChI is InChI=1S/C29H32Cl2N2O2/c1-4-21(3)32-29(35)27(16-22-11-6-5-7-12-22)33(19-24-14-15-25(30)18-26(24)31)28(34)17-23-13-9-8-10-20(23)2/h5-15,18,21,27H,4,16-17,19H2,1-3H3,(H,32,35)/t21-,27-/m1/s1. The van der Waals surface area contributed by atoms with Gasteiger partial charge in [0.1, 0.15) is 6.04 Å². The molecular formula is C29H32Cl2N2O2. The van der Waals surface area contributed by atoms with Gasteiger partial charge in [0.25, 0.3) is 0 Å². The van der Waals surface area contributed by atoms with E-state index in [1.54, 1.807) is 17.0 Å². The van der Waals surface area contributed by atoms with Crippen LogP contribution in [-0.2, 0) is 29.0 Å². The quantitative estimate of drug-likeness (QED) is 0.343. The van der Waals surface area contributed by atoms with Gasteiger partial charge in [0.05, 0.1) is 6.42 Å². The number of rotatable bonds is 10. The predicted molar refractivity (Wildman–Crippen MR) is 144 cm³/mol. The topological polar surface area (TPSA) is 49.4 Å². The van der Waals surface area contributed by atoms with E-state index >= 15 is 0 Å². The second-order valence-corrected chi connectivity index (χ2v) is 9.73. The number of nitrogens with zero attached hydrogens (tertiary/aromatic N) is 1. The molecule has 0 saturated heterocycles. The zero-order valence-electron chi connectivity index (χ0n) is 20.4. The van der Waals surface area contributed by atoms with Gasteiger partial charge < -0.3 is 10.2 Å². The molecule has 0 aliphatic heterocycles. The summed E-state index contributed by atoms with van der Waals surface area (Å²) in [5.74, 6) is -0.308. The first-order valence-electron chi connectivity index (χ1n) is 11.9. The Balaban J connectivity index is 2.01. The fourth-order valence-electron chi connectivity index (χ4n) is 3.90. The molecule has 0 fully saturated rings. The van der Waals surface area contributed by atoms with E-state index in [-0.39, 0.29) is 30.8 Å². The molecule has 2 amide bonds. The molecule has 4 nitrogen and oxygen atoms in total. The van der Waals surface area contributed by atoms with Crippen molar-refractivity contribution in [1.29, 1.82) is 0 Å². The molecule has 184 valence electrons. The largest absolute Gasteiger partial charge is 0.352 e. The monoisotopic (exact) mass is 510 g/mol. The number of carbonyl (C=O) groups excluding carboxylic acids is 2. The third-order valence-corrected chi connectivity index (χ3v) is 6.82. The maximum absolute atomic E-state index is 13.8. The van der Waals surface area contributed by atoms with E-state index in [9.17, 15) is 9.59 Å². The fraction of sp³-hybridized carbons (Fsp3) is 0.310. The minimum absolute atomic E-state index is 0.00628. The van der Waals surface area contributed by atoms with Gasteiger partial charge in [-0.05, 0) is 54.7 Å². The number of benzene rings is 3. The number of nitrogens with one attached hydrogen (secondary N) is 1. The average Bonchev–Trinajstić information content (AvgIpc) is 2.84. The zero-order chi connectivity index (χ0) is 25.4. The highest BCUT2D eigenvalue weighted by atomic mass is 35.5. The maximum Gasteiger partial charge on any atom is 0.243 e. The van der Waals surface area contributed by atoms with E-state index in [1.165, 1.54) is 0 Å². The van der Waals surface area contributed by atoms with Gasteiger partial charge in [-0.2, -0.15) is 0 Å². The van der Waals surface area contributed by atoms with Gasteiger partial charge in [0.2, 0.25) is 11.8 Å². The van der Waals surface area contributed by atoms with Crippen molar-refractivity contribution < 1.29 is 9.59 Å². The summed E-state index contributed by atoms with van der Waals surface area (Å²) in [6, 6.07) is 22.1. The Labute approximate surface area is 218 Å². The second kappa shape index (κ2) is 12.8. The van der Waals surface area contributed by atoms with E-state index in [2.05, 4.69) is 5.32 Å². The molecule has 0 heterocycles. The highest BCUT2D eigenvalue weighted by molar-refractivity contribution is 6.35.